The first-order valence-corrected chi connectivity index (χ1v) is 11.6. The standard InChI is InChI=1S/C19H24N6O2S2/c1-5-12(15(26)20-19-23-21-16(29-19)9(2)3)25-18(27)14-11-7-6-10(4)8-13(11)28-17(14)22-24-25/h9-10,12H,5-8H2,1-4H3,(H,20,23,26). The van der Waals surface area contributed by atoms with Crippen LogP contribution < -0.4 is 10.9 Å². The van der Waals surface area contributed by atoms with Crippen molar-refractivity contribution in [1.29, 1.82) is 0 Å². The SMILES string of the molecule is CCC(C(=O)Nc1nnc(C(C)C)s1)n1nnc2sc3c(c2c1=O)CCC(C)C3. The highest BCUT2D eigenvalue weighted by molar-refractivity contribution is 7.18. The predicted octanol–water partition coefficient (Wildman–Crippen LogP) is 3.54. The Hall–Kier alpha value is -2.20. The molecule has 1 aliphatic rings. The fourth-order valence-electron chi connectivity index (χ4n) is 3.65. The summed E-state index contributed by atoms with van der Waals surface area (Å²) in [7, 11) is 0. The maximum absolute atomic E-state index is 13.3. The first-order valence-electron chi connectivity index (χ1n) is 9.93. The predicted molar refractivity (Wildman–Crippen MR) is 115 cm³/mol. The topological polar surface area (TPSA) is 103 Å². The Labute approximate surface area is 176 Å². The van der Waals surface area contributed by atoms with Crippen molar-refractivity contribution in [3.8, 4) is 0 Å². The number of nitrogens with zero attached hydrogens (tertiary/aromatic N) is 5. The number of anilines is 1. The summed E-state index contributed by atoms with van der Waals surface area (Å²) < 4.78 is 1.23. The third-order valence-corrected chi connectivity index (χ3v) is 7.57. The number of amides is 1. The van der Waals surface area contributed by atoms with E-state index in [2.05, 4.69) is 32.7 Å². The number of carbonyl (C=O) groups is 1. The van der Waals surface area contributed by atoms with Gasteiger partial charge in [-0.25, -0.2) is 0 Å². The van der Waals surface area contributed by atoms with Gasteiger partial charge in [0.25, 0.3) is 11.5 Å². The van der Waals surface area contributed by atoms with Crippen LogP contribution in [0, 0.1) is 5.92 Å². The van der Waals surface area contributed by atoms with Crippen molar-refractivity contribution >= 4 is 43.9 Å². The van der Waals surface area contributed by atoms with Gasteiger partial charge < -0.3 is 0 Å². The second-order valence-corrected chi connectivity index (χ2v) is 9.98. The molecule has 8 nitrogen and oxygen atoms in total. The first-order chi connectivity index (χ1) is 13.9. The summed E-state index contributed by atoms with van der Waals surface area (Å²) in [6.07, 6.45) is 3.34. The molecule has 3 aromatic rings. The fraction of sp³-hybridized carbons (Fsp3) is 0.579. The van der Waals surface area contributed by atoms with E-state index in [0.717, 1.165) is 29.8 Å². The monoisotopic (exact) mass is 432 g/mol. The van der Waals surface area contributed by atoms with Crippen LogP contribution in [0.2, 0.25) is 0 Å². The van der Waals surface area contributed by atoms with Gasteiger partial charge >= 0.3 is 0 Å². The molecule has 2 unspecified atom stereocenters. The number of thiophene rings is 1. The zero-order valence-corrected chi connectivity index (χ0v) is 18.6. The number of aromatic nitrogens is 5. The lowest BCUT2D eigenvalue weighted by molar-refractivity contribution is -0.119. The van der Waals surface area contributed by atoms with Crippen LogP contribution in [0.5, 0.6) is 0 Å². The third-order valence-electron chi connectivity index (χ3n) is 5.30. The van der Waals surface area contributed by atoms with Gasteiger partial charge in [0, 0.05) is 10.8 Å². The largest absolute Gasteiger partial charge is 0.299 e. The molecule has 3 aromatic heterocycles. The Balaban J connectivity index is 1.67. The third kappa shape index (κ3) is 3.71. The van der Waals surface area contributed by atoms with Gasteiger partial charge in [-0.05, 0) is 37.2 Å². The molecule has 0 fully saturated rings. The van der Waals surface area contributed by atoms with Gasteiger partial charge in [0.15, 0.2) is 4.83 Å². The molecule has 2 atom stereocenters. The summed E-state index contributed by atoms with van der Waals surface area (Å²) in [6, 6.07) is -0.746. The van der Waals surface area contributed by atoms with Crippen LogP contribution in [-0.2, 0) is 17.6 Å². The minimum absolute atomic E-state index is 0.232. The Bertz CT molecular complexity index is 1120. The van der Waals surface area contributed by atoms with Crippen LogP contribution in [0.25, 0.3) is 10.2 Å². The molecule has 0 aliphatic heterocycles. The zero-order valence-electron chi connectivity index (χ0n) is 16.9. The van der Waals surface area contributed by atoms with Crippen molar-refractivity contribution in [2.24, 2.45) is 5.92 Å². The van der Waals surface area contributed by atoms with Crippen LogP contribution in [0.1, 0.15) is 67.9 Å². The lowest BCUT2D eigenvalue weighted by Gasteiger charge is -2.18. The lowest BCUT2D eigenvalue weighted by Crippen LogP contribution is -2.35. The average molecular weight is 433 g/mol. The molecule has 4 rings (SSSR count). The van der Waals surface area contributed by atoms with Crippen LogP contribution in [0.3, 0.4) is 0 Å². The molecular weight excluding hydrogens is 408 g/mol. The summed E-state index contributed by atoms with van der Waals surface area (Å²) in [6.45, 7) is 8.13. The van der Waals surface area contributed by atoms with Crippen molar-refractivity contribution in [2.45, 2.75) is 65.3 Å². The summed E-state index contributed by atoms with van der Waals surface area (Å²) in [5.41, 5.74) is 0.863. The molecule has 0 radical (unpaired) electrons. The minimum Gasteiger partial charge on any atom is -0.299 e. The van der Waals surface area contributed by atoms with Crippen molar-refractivity contribution in [3.05, 3.63) is 25.8 Å². The maximum Gasteiger partial charge on any atom is 0.279 e. The molecular formula is C19H24N6O2S2. The van der Waals surface area contributed by atoms with E-state index in [-0.39, 0.29) is 17.4 Å². The molecule has 29 heavy (non-hydrogen) atoms. The molecule has 1 N–H and O–H groups in total. The highest BCUT2D eigenvalue weighted by Crippen LogP contribution is 2.35. The van der Waals surface area contributed by atoms with Gasteiger partial charge in [-0.3, -0.25) is 14.9 Å². The zero-order chi connectivity index (χ0) is 20.7. The molecule has 0 bridgehead atoms. The van der Waals surface area contributed by atoms with Crippen molar-refractivity contribution < 1.29 is 4.79 Å². The van der Waals surface area contributed by atoms with Gasteiger partial charge in [-0.2, -0.15) is 4.68 Å². The average Bonchev–Trinajstić information content (AvgIpc) is 3.28. The molecule has 1 amide bonds. The molecule has 0 aromatic carbocycles. The van der Waals surface area contributed by atoms with Crippen LogP contribution in [0.4, 0.5) is 5.13 Å². The van der Waals surface area contributed by atoms with Crippen molar-refractivity contribution in [2.75, 3.05) is 5.32 Å². The molecule has 0 saturated heterocycles. The van der Waals surface area contributed by atoms with Gasteiger partial charge in [0.05, 0.1) is 5.39 Å². The van der Waals surface area contributed by atoms with E-state index in [4.69, 9.17) is 0 Å². The number of rotatable bonds is 5. The normalized spacial score (nSPS) is 17.5. The lowest BCUT2D eigenvalue weighted by atomic mass is 9.89. The van der Waals surface area contributed by atoms with E-state index >= 15 is 0 Å². The number of hydrogen-bond acceptors (Lipinski definition) is 8. The number of fused-ring (bicyclic) bond motifs is 3. The Morgan fingerprint density at radius 2 is 2.07 bits per heavy atom. The fourth-order valence-corrected chi connectivity index (χ4v) is 5.72. The van der Waals surface area contributed by atoms with Crippen LogP contribution in [-0.4, -0.2) is 31.1 Å². The minimum atomic E-state index is -0.746. The van der Waals surface area contributed by atoms with E-state index in [1.807, 2.05) is 20.8 Å². The number of hydrogen-bond donors (Lipinski definition) is 1. The number of nitrogens with one attached hydrogen (secondary N) is 1. The van der Waals surface area contributed by atoms with Crippen molar-refractivity contribution in [3.63, 3.8) is 0 Å². The number of aryl methyl sites for hydroxylation is 1. The van der Waals surface area contributed by atoms with E-state index in [1.165, 1.54) is 20.9 Å². The van der Waals surface area contributed by atoms with Gasteiger partial charge in [0.2, 0.25) is 5.13 Å². The summed E-state index contributed by atoms with van der Waals surface area (Å²) in [5, 5.41) is 21.2. The Morgan fingerprint density at radius 1 is 1.28 bits per heavy atom. The highest BCUT2D eigenvalue weighted by Gasteiger charge is 2.28. The first kappa shape index (κ1) is 20.1. The number of carbonyl (C=O) groups excluding carboxylic acids is 1. The second kappa shape index (κ2) is 7.91. The van der Waals surface area contributed by atoms with E-state index in [1.54, 1.807) is 11.3 Å². The van der Waals surface area contributed by atoms with Gasteiger partial charge in [0.1, 0.15) is 11.0 Å². The highest BCUT2D eigenvalue weighted by atomic mass is 32.1. The van der Waals surface area contributed by atoms with E-state index in [9.17, 15) is 9.59 Å². The maximum atomic E-state index is 13.3. The molecule has 0 saturated carbocycles. The molecule has 1 aliphatic carbocycles. The Kier molecular flexibility index (Phi) is 5.48. The smallest absolute Gasteiger partial charge is 0.279 e. The summed E-state index contributed by atoms with van der Waals surface area (Å²) >= 11 is 2.90. The summed E-state index contributed by atoms with van der Waals surface area (Å²) in [5.74, 6) is 0.526. The molecule has 0 spiro atoms. The van der Waals surface area contributed by atoms with Gasteiger partial charge in [-0.1, -0.05) is 44.2 Å². The van der Waals surface area contributed by atoms with Gasteiger partial charge in [-0.15, -0.1) is 26.6 Å². The Morgan fingerprint density at radius 3 is 2.76 bits per heavy atom. The summed E-state index contributed by atoms with van der Waals surface area (Å²) in [4.78, 5) is 28.0. The van der Waals surface area contributed by atoms with E-state index < -0.39 is 6.04 Å². The van der Waals surface area contributed by atoms with Crippen LogP contribution >= 0.6 is 22.7 Å². The molecule has 154 valence electrons. The molecule has 10 heteroatoms. The quantitative estimate of drug-likeness (QED) is 0.661. The second-order valence-electron chi connectivity index (χ2n) is 7.88. The van der Waals surface area contributed by atoms with Crippen molar-refractivity contribution in [1.82, 2.24) is 25.2 Å². The van der Waals surface area contributed by atoms with Crippen LogP contribution in [0.15, 0.2) is 4.79 Å². The molecule has 3 heterocycles. The van der Waals surface area contributed by atoms with E-state index in [0.29, 0.717) is 27.7 Å².